The molecule has 136 valence electrons. The molecule has 0 aliphatic heterocycles. The molecule has 0 spiro atoms. The van der Waals surface area contributed by atoms with Gasteiger partial charge in [0.2, 0.25) is 0 Å². The van der Waals surface area contributed by atoms with Crippen LogP contribution in [-0.2, 0) is 23.0 Å². The first kappa shape index (κ1) is 18.7. The molecule has 0 amide bonds. The molecular formula is C19H20BrN3O2S. The first-order valence-corrected chi connectivity index (χ1v) is 10.6. The SMILES string of the molecule is CCc1ccc(S(=O)(=O)Nc2nn(Cc3ccc(C)cc3)cc2Br)cc1. The zero-order chi connectivity index (χ0) is 18.7. The second kappa shape index (κ2) is 7.63. The van der Waals surface area contributed by atoms with Gasteiger partial charge in [0.15, 0.2) is 5.82 Å². The summed E-state index contributed by atoms with van der Waals surface area (Å²) < 4.78 is 30.0. The van der Waals surface area contributed by atoms with Crippen molar-refractivity contribution in [2.24, 2.45) is 0 Å². The highest BCUT2D eigenvalue weighted by molar-refractivity contribution is 9.10. The molecule has 0 saturated heterocycles. The highest BCUT2D eigenvalue weighted by Gasteiger charge is 2.18. The third-order valence-corrected chi connectivity index (χ3v) is 5.99. The molecule has 0 atom stereocenters. The highest BCUT2D eigenvalue weighted by Crippen LogP contribution is 2.24. The second-order valence-electron chi connectivity index (χ2n) is 6.11. The molecule has 3 rings (SSSR count). The summed E-state index contributed by atoms with van der Waals surface area (Å²) in [4.78, 5) is 0.217. The maximum Gasteiger partial charge on any atom is 0.263 e. The fourth-order valence-electron chi connectivity index (χ4n) is 2.52. The number of benzene rings is 2. The van der Waals surface area contributed by atoms with E-state index in [1.807, 2.05) is 50.2 Å². The summed E-state index contributed by atoms with van der Waals surface area (Å²) in [5.74, 6) is 0.275. The van der Waals surface area contributed by atoms with Crippen molar-refractivity contribution in [2.75, 3.05) is 4.72 Å². The number of rotatable bonds is 6. The van der Waals surface area contributed by atoms with Crippen LogP contribution in [-0.4, -0.2) is 18.2 Å². The summed E-state index contributed by atoms with van der Waals surface area (Å²) in [5.41, 5.74) is 3.38. The van der Waals surface area contributed by atoms with E-state index in [0.29, 0.717) is 11.0 Å². The van der Waals surface area contributed by atoms with Gasteiger partial charge in [0, 0.05) is 6.20 Å². The van der Waals surface area contributed by atoms with E-state index in [1.54, 1.807) is 23.0 Å². The zero-order valence-corrected chi connectivity index (χ0v) is 17.0. The van der Waals surface area contributed by atoms with Crippen LogP contribution in [0.15, 0.2) is 64.1 Å². The number of hydrogen-bond acceptors (Lipinski definition) is 3. The molecule has 1 N–H and O–H groups in total. The Labute approximate surface area is 162 Å². The van der Waals surface area contributed by atoms with Crippen molar-refractivity contribution < 1.29 is 8.42 Å². The van der Waals surface area contributed by atoms with Gasteiger partial charge in [-0.3, -0.25) is 9.40 Å². The molecule has 0 bridgehead atoms. The van der Waals surface area contributed by atoms with Crippen LogP contribution < -0.4 is 4.72 Å². The first-order chi connectivity index (χ1) is 12.4. The van der Waals surface area contributed by atoms with Gasteiger partial charge in [-0.1, -0.05) is 48.9 Å². The minimum atomic E-state index is -3.68. The van der Waals surface area contributed by atoms with Crippen molar-refractivity contribution in [3.05, 3.63) is 75.9 Å². The Morgan fingerprint density at radius 1 is 1.04 bits per heavy atom. The Bertz CT molecular complexity index is 994. The topological polar surface area (TPSA) is 64.0 Å². The Morgan fingerprint density at radius 3 is 2.27 bits per heavy atom. The molecule has 1 aromatic heterocycles. The van der Waals surface area contributed by atoms with Crippen LogP contribution in [0.1, 0.15) is 23.6 Å². The van der Waals surface area contributed by atoms with Crippen molar-refractivity contribution in [1.82, 2.24) is 9.78 Å². The summed E-state index contributed by atoms with van der Waals surface area (Å²) in [6.45, 7) is 4.62. The van der Waals surface area contributed by atoms with Gasteiger partial charge in [-0.25, -0.2) is 8.42 Å². The van der Waals surface area contributed by atoms with E-state index >= 15 is 0 Å². The number of hydrogen-bond donors (Lipinski definition) is 1. The van der Waals surface area contributed by atoms with E-state index in [1.165, 1.54) is 5.56 Å². The zero-order valence-electron chi connectivity index (χ0n) is 14.6. The van der Waals surface area contributed by atoms with Crippen molar-refractivity contribution in [3.8, 4) is 0 Å². The fraction of sp³-hybridized carbons (Fsp3) is 0.211. The Balaban J connectivity index is 1.78. The summed E-state index contributed by atoms with van der Waals surface area (Å²) >= 11 is 3.38. The highest BCUT2D eigenvalue weighted by atomic mass is 79.9. The van der Waals surface area contributed by atoms with Gasteiger partial charge in [-0.2, -0.15) is 5.10 Å². The van der Waals surface area contributed by atoms with Gasteiger partial charge < -0.3 is 0 Å². The number of anilines is 1. The van der Waals surface area contributed by atoms with Crippen molar-refractivity contribution in [3.63, 3.8) is 0 Å². The monoisotopic (exact) mass is 433 g/mol. The quantitative estimate of drug-likeness (QED) is 0.627. The maximum absolute atomic E-state index is 12.6. The predicted molar refractivity (Wildman–Crippen MR) is 107 cm³/mol. The lowest BCUT2D eigenvalue weighted by atomic mass is 10.1. The van der Waals surface area contributed by atoms with Gasteiger partial charge in [0.05, 0.1) is 15.9 Å². The van der Waals surface area contributed by atoms with Crippen LogP contribution in [0.5, 0.6) is 0 Å². The van der Waals surface area contributed by atoms with E-state index in [4.69, 9.17) is 0 Å². The number of nitrogens with zero attached hydrogens (tertiary/aromatic N) is 2. The molecule has 0 fully saturated rings. The molecule has 0 aliphatic rings. The van der Waals surface area contributed by atoms with Crippen molar-refractivity contribution in [1.29, 1.82) is 0 Å². The molecule has 0 aliphatic carbocycles. The van der Waals surface area contributed by atoms with Crippen molar-refractivity contribution in [2.45, 2.75) is 31.7 Å². The van der Waals surface area contributed by atoms with E-state index in [0.717, 1.165) is 17.5 Å². The van der Waals surface area contributed by atoms with Gasteiger partial charge >= 0.3 is 0 Å². The third kappa shape index (κ3) is 4.34. The van der Waals surface area contributed by atoms with Gasteiger partial charge in [0.1, 0.15) is 0 Å². The summed E-state index contributed by atoms with van der Waals surface area (Å²) in [7, 11) is -3.68. The minimum absolute atomic E-state index is 0.217. The van der Waals surface area contributed by atoms with E-state index in [-0.39, 0.29) is 10.7 Å². The predicted octanol–water partition coefficient (Wildman–Crippen LogP) is 4.37. The van der Waals surface area contributed by atoms with Crippen molar-refractivity contribution >= 4 is 31.8 Å². The minimum Gasteiger partial charge on any atom is -0.265 e. The molecule has 26 heavy (non-hydrogen) atoms. The molecule has 0 saturated carbocycles. The lowest BCUT2D eigenvalue weighted by Gasteiger charge is -2.07. The smallest absolute Gasteiger partial charge is 0.263 e. The normalized spacial score (nSPS) is 11.5. The molecular weight excluding hydrogens is 414 g/mol. The average molecular weight is 434 g/mol. The number of aryl methyl sites for hydroxylation is 2. The average Bonchev–Trinajstić information content (AvgIpc) is 2.95. The van der Waals surface area contributed by atoms with Crippen LogP contribution in [0.2, 0.25) is 0 Å². The molecule has 0 unspecified atom stereocenters. The molecule has 0 radical (unpaired) electrons. The van der Waals surface area contributed by atoms with E-state index in [9.17, 15) is 8.42 Å². The summed E-state index contributed by atoms with van der Waals surface area (Å²) in [6.07, 6.45) is 2.63. The van der Waals surface area contributed by atoms with Crippen LogP contribution in [0.25, 0.3) is 0 Å². The molecule has 7 heteroatoms. The summed E-state index contributed by atoms with van der Waals surface area (Å²) in [5, 5.41) is 4.35. The third-order valence-electron chi connectivity index (χ3n) is 4.06. The number of halogens is 1. The summed E-state index contributed by atoms with van der Waals surface area (Å²) in [6, 6.07) is 15.0. The Morgan fingerprint density at radius 2 is 1.65 bits per heavy atom. The van der Waals surface area contributed by atoms with Gasteiger partial charge in [0.25, 0.3) is 10.0 Å². The van der Waals surface area contributed by atoms with Crippen LogP contribution in [0, 0.1) is 6.92 Å². The lowest BCUT2D eigenvalue weighted by molar-refractivity contribution is 0.600. The maximum atomic E-state index is 12.6. The number of sulfonamides is 1. The Hall–Kier alpha value is -2.12. The van der Waals surface area contributed by atoms with E-state index in [2.05, 4.69) is 25.8 Å². The molecule has 1 heterocycles. The molecule has 5 nitrogen and oxygen atoms in total. The van der Waals surface area contributed by atoms with Crippen LogP contribution in [0.4, 0.5) is 5.82 Å². The molecule has 2 aromatic carbocycles. The van der Waals surface area contributed by atoms with E-state index < -0.39 is 10.0 Å². The lowest BCUT2D eigenvalue weighted by Crippen LogP contribution is -2.14. The largest absolute Gasteiger partial charge is 0.265 e. The Kier molecular flexibility index (Phi) is 5.48. The first-order valence-electron chi connectivity index (χ1n) is 8.27. The standard InChI is InChI=1S/C19H20BrN3O2S/c1-3-15-8-10-17(11-9-15)26(24,25)22-19-18(20)13-23(21-19)12-16-6-4-14(2)5-7-16/h4-11,13H,3,12H2,1-2H3,(H,21,22). The van der Waals surface area contributed by atoms with Gasteiger partial charge in [-0.15, -0.1) is 0 Å². The fourth-order valence-corrected chi connectivity index (χ4v) is 4.08. The molecule has 3 aromatic rings. The van der Waals surface area contributed by atoms with Crippen LogP contribution >= 0.6 is 15.9 Å². The van der Waals surface area contributed by atoms with Crippen LogP contribution in [0.3, 0.4) is 0 Å². The number of aromatic nitrogens is 2. The number of nitrogens with one attached hydrogen (secondary N) is 1. The second-order valence-corrected chi connectivity index (χ2v) is 8.65. The van der Waals surface area contributed by atoms with Gasteiger partial charge in [-0.05, 0) is 52.5 Å².